The molecular formula is C20H17NO4. The van der Waals surface area contributed by atoms with Gasteiger partial charge in [-0.3, -0.25) is 0 Å². The summed E-state index contributed by atoms with van der Waals surface area (Å²) in [7, 11) is 1.20. The van der Waals surface area contributed by atoms with E-state index in [1.807, 2.05) is 19.9 Å². The molecule has 0 unspecified atom stereocenters. The summed E-state index contributed by atoms with van der Waals surface area (Å²) in [4.78, 5) is 23.7. The number of carbonyl (C=O) groups is 2. The number of carbonyl (C=O) groups excluding carboxylic acids is 2. The SMILES string of the molecule is COC(=O)/C(C#N)=C/c1cccc(OC(=O)c2ccc(C)c(C)c2)c1. The molecule has 0 saturated carbocycles. The van der Waals surface area contributed by atoms with E-state index in [4.69, 9.17) is 10.00 Å². The van der Waals surface area contributed by atoms with Gasteiger partial charge < -0.3 is 9.47 Å². The molecule has 126 valence electrons. The first-order valence-corrected chi connectivity index (χ1v) is 7.54. The summed E-state index contributed by atoms with van der Waals surface area (Å²) in [6.45, 7) is 3.89. The van der Waals surface area contributed by atoms with Crippen LogP contribution in [0.4, 0.5) is 0 Å². The maximum absolute atomic E-state index is 12.3. The summed E-state index contributed by atoms with van der Waals surface area (Å²) in [5, 5.41) is 9.00. The van der Waals surface area contributed by atoms with Crippen molar-refractivity contribution in [3.05, 3.63) is 70.3 Å². The lowest BCUT2D eigenvalue weighted by Gasteiger charge is -2.07. The molecule has 5 nitrogen and oxygen atoms in total. The smallest absolute Gasteiger partial charge is 0.348 e. The van der Waals surface area contributed by atoms with E-state index in [-0.39, 0.29) is 5.57 Å². The number of benzene rings is 2. The summed E-state index contributed by atoms with van der Waals surface area (Å²) < 4.78 is 9.90. The molecule has 0 aliphatic rings. The van der Waals surface area contributed by atoms with Crippen molar-refractivity contribution in [2.45, 2.75) is 13.8 Å². The van der Waals surface area contributed by atoms with Crippen molar-refractivity contribution < 1.29 is 19.1 Å². The molecule has 0 spiro atoms. The number of methoxy groups -OCH3 is 1. The van der Waals surface area contributed by atoms with Gasteiger partial charge in [0.15, 0.2) is 0 Å². The Kier molecular flexibility index (Phi) is 5.70. The van der Waals surface area contributed by atoms with Gasteiger partial charge in [-0.1, -0.05) is 18.2 Å². The molecule has 0 atom stereocenters. The largest absolute Gasteiger partial charge is 0.465 e. The number of hydrogen-bond acceptors (Lipinski definition) is 5. The van der Waals surface area contributed by atoms with E-state index < -0.39 is 11.9 Å². The highest BCUT2D eigenvalue weighted by Gasteiger charge is 2.11. The first kappa shape index (κ1) is 18.0. The number of aryl methyl sites for hydroxylation is 2. The Morgan fingerprint density at radius 2 is 1.84 bits per heavy atom. The van der Waals surface area contributed by atoms with Crippen LogP contribution in [0.25, 0.3) is 6.08 Å². The predicted octanol–water partition coefficient (Wildman–Crippen LogP) is 3.60. The zero-order valence-electron chi connectivity index (χ0n) is 14.2. The second-order valence-corrected chi connectivity index (χ2v) is 5.42. The highest BCUT2D eigenvalue weighted by molar-refractivity contribution is 5.98. The van der Waals surface area contributed by atoms with E-state index in [1.54, 1.807) is 42.5 Å². The van der Waals surface area contributed by atoms with Crippen LogP contribution in [0.2, 0.25) is 0 Å². The number of nitriles is 1. The van der Waals surface area contributed by atoms with Crippen LogP contribution in [0.15, 0.2) is 48.0 Å². The van der Waals surface area contributed by atoms with Crippen molar-refractivity contribution >= 4 is 18.0 Å². The Hall–Kier alpha value is -3.39. The molecule has 25 heavy (non-hydrogen) atoms. The minimum absolute atomic E-state index is 0.139. The molecule has 2 aromatic rings. The molecule has 5 heteroatoms. The molecule has 2 aromatic carbocycles. The van der Waals surface area contributed by atoms with Gasteiger partial charge in [-0.05, 0) is 60.9 Å². The lowest BCUT2D eigenvalue weighted by molar-refractivity contribution is -0.135. The van der Waals surface area contributed by atoms with Gasteiger partial charge in [-0.25, -0.2) is 9.59 Å². The minimum Gasteiger partial charge on any atom is -0.465 e. The van der Waals surface area contributed by atoms with Gasteiger partial charge in [0.05, 0.1) is 12.7 Å². The zero-order chi connectivity index (χ0) is 18.4. The van der Waals surface area contributed by atoms with E-state index >= 15 is 0 Å². The number of hydrogen-bond donors (Lipinski definition) is 0. The molecule has 0 N–H and O–H groups in total. The highest BCUT2D eigenvalue weighted by Crippen LogP contribution is 2.18. The third-order valence-corrected chi connectivity index (χ3v) is 3.65. The fourth-order valence-electron chi connectivity index (χ4n) is 2.12. The molecule has 0 aliphatic carbocycles. The second kappa shape index (κ2) is 7.93. The predicted molar refractivity (Wildman–Crippen MR) is 92.9 cm³/mol. The molecule has 0 fully saturated rings. The normalized spacial score (nSPS) is 10.7. The van der Waals surface area contributed by atoms with E-state index in [9.17, 15) is 9.59 Å². The maximum atomic E-state index is 12.3. The number of rotatable bonds is 4. The Morgan fingerprint density at radius 1 is 1.08 bits per heavy atom. The van der Waals surface area contributed by atoms with Crippen molar-refractivity contribution in [1.29, 1.82) is 5.26 Å². The van der Waals surface area contributed by atoms with E-state index in [1.165, 1.54) is 13.2 Å². The summed E-state index contributed by atoms with van der Waals surface area (Å²) in [6.07, 6.45) is 1.37. The molecule has 0 bridgehead atoms. The van der Waals surface area contributed by atoms with Gasteiger partial charge in [0.25, 0.3) is 0 Å². The molecule has 0 amide bonds. The Labute approximate surface area is 146 Å². The number of nitrogens with zero attached hydrogens (tertiary/aromatic N) is 1. The van der Waals surface area contributed by atoms with Crippen LogP contribution in [-0.2, 0) is 9.53 Å². The summed E-state index contributed by atoms with van der Waals surface area (Å²) in [6, 6.07) is 13.7. The topological polar surface area (TPSA) is 76.4 Å². The molecule has 0 radical (unpaired) electrons. The third kappa shape index (κ3) is 4.55. The molecular weight excluding hydrogens is 318 g/mol. The van der Waals surface area contributed by atoms with E-state index in [2.05, 4.69) is 4.74 Å². The van der Waals surface area contributed by atoms with Crippen molar-refractivity contribution in [1.82, 2.24) is 0 Å². The van der Waals surface area contributed by atoms with Crippen LogP contribution in [0.1, 0.15) is 27.0 Å². The van der Waals surface area contributed by atoms with E-state index in [0.29, 0.717) is 16.9 Å². The van der Waals surface area contributed by atoms with Gasteiger partial charge in [0.1, 0.15) is 17.4 Å². The average Bonchev–Trinajstić information content (AvgIpc) is 2.61. The Bertz CT molecular complexity index is 891. The van der Waals surface area contributed by atoms with Crippen LogP contribution in [-0.4, -0.2) is 19.0 Å². The fraction of sp³-hybridized carbons (Fsp3) is 0.150. The monoisotopic (exact) mass is 335 g/mol. The molecule has 0 heterocycles. The van der Waals surface area contributed by atoms with Gasteiger partial charge in [-0.15, -0.1) is 0 Å². The van der Waals surface area contributed by atoms with E-state index in [0.717, 1.165) is 11.1 Å². The van der Waals surface area contributed by atoms with Gasteiger partial charge in [0, 0.05) is 0 Å². The number of ether oxygens (including phenoxy) is 2. The van der Waals surface area contributed by atoms with Crippen molar-refractivity contribution in [3.63, 3.8) is 0 Å². The standard InChI is InChI=1S/C20H17NO4/c1-13-7-8-16(9-14(13)2)20(23)25-18-6-4-5-15(11-18)10-17(12-21)19(22)24-3/h4-11H,1-3H3/b17-10+. The molecule has 0 saturated heterocycles. The highest BCUT2D eigenvalue weighted by atomic mass is 16.5. The second-order valence-electron chi connectivity index (χ2n) is 5.42. The van der Waals surface area contributed by atoms with Gasteiger partial charge >= 0.3 is 11.9 Å². The van der Waals surface area contributed by atoms with Crippen molar-refractivity contribution in [3.8, 4) is 11.8 Å². The Balaban J connectivity index is 2.23. The van der Waals surface area contributed by atoms with Crippen LogP contribution in [0.3, 0.4) is 0 Å². The van der Waals surface area contributed by atoms with Crippen molar-refractivity contribution in [2.75, 3.05) is 7.11 Å². The van der Waals surface area contributed by atoms with Gasteiger partial charge in [0.2, 0.25) is 0 Å². The lowest BCUT2D eigenvalue weighted by atomic mass is 10.1. The number of esters is 2. The summed E-state index contributed by atoms with van der Waals surface area (Å²) >= 11 is 0. The summed E-state index contributed by atoms with van der Waals surface area (Å²) in [5.41, 5.74) is 2.96. The fourth-order valence-corrected chi connectivity index (χ4v) is 2.12. The molecule has 0 aliphatic heterocycles. The van der Waals surface area contributed by atoms with Gasteiger partial charge in [-0.2, -0.15) is 5.26 Å². The Morgan fingerprint density at radius 3 is 2.48 bits per heavy atom. The van der Waals surface area contributed by atoms with Crippen LogP contribution in [0, 0.1) is 25.2 Å². The third-order valence-electron chi connectivity index (χ3n) is 3.65. The maximum Gasteiger partial charge on any atom is 0.348 e. The molecule has 0 aromatic heterocycles. The van der Waals surface area contributed by atoms with Crippen LogP contribution < -0.4 is 4.74 Å². The van der Waals surface area contributed by atoms with Crippen LogP contribution in [0.5, 0.6) is 5.75 Å². The quantitative estimate of drug-likeness (QED) is 0.369. The first-order valence-electron chi connectivity index (χ1n) is 7.54. The van der Waals surface area contributed by atoms with Crippen LogP contribution >= 0.6 is 0 Å². The minimum atomic E-state index is -0.722. The van der Waals surface area contributed by atoms with Crippen molar-refractivity contribution in [2.24, 2.45) is 0 Å². The average molecular weight is 335 g/mol. The lowest BCUT2D eigenvalue weighted by Crippen LogP contribution is -2.09. The first-order chi connectivity index (χ1) is 11.9. The zero-order valence-corrected chi connectivity index (χ0v) is 14.2. The molecule has 2 rings (SSSR count). The summed E-state index contributed by atoms with van der Waals surface area (Å²) in [5.74, 6) is -0.878.